The van der Waals surface area contributed by atoms with Crippen LogP contribution in [-0.2, 0) is 30.3 Å². The molecule has 1 aliphatic heterocycles. The predicted molar refractivity (Wildman–Crippen MR) is 101 cm³/mol. The van der Waals surface area contributed by atoms with E-state index in [4.69, 9.17) is 4.74 Å². The van der Waals surface area contributed by atoms with Crippen molar-refractivity contribution in [2.45, 2.75) is 25.7 Å². The molecule has 29 heavy (non-hydrogen) atoms. The lowest BCUT2D eigenvalue weighted by atomic mass is 9.85. The van der Waals surface area contributed by atoms with Crippen molar-refractivity contribution in [1.82, 2.24) is 10.2 Å². The third-order valence-electron chi connectivity index (χ3n) is 5.18. The van der Waals surface area contributed by atoms with Crippen molar-refractivity contribution in [3.05, 3.63) is 47.8 Å². The van der Waals surface area contributed by atoms with E-state index in [0.29, 0.717) is 24.8 Å². The van der Waals surface area contributed by atoms with Gasteiger partial charge in [-0.3, -0.25) is 24.1 Å². The van der Waals surface area contributed by atoms with Crippen LogP contribution in [0.5, 0.6) is 0 Å². The lowest BCUT2D eigenvalue weighted by molar-refractivity contribution is -0.149. The second-order valence-corrected chi connectivity index (χ2v) is 7.09. The molecule has 3 amide bonds. The van der Waals surface area contributed by atoms with Crippen molar-refractivity contribution in [1.29, 1.82) is 0 Å². The van der Waals surface area contributed by atoms with Crippen LogP contribution in [0.3, 0.4) is 0 Å². The number of likely N-dealkylation sites (tertiary alicyclic amines) is 1. The average Bonchev–Trinajstić information content (AvgIpc) is 2.97. The molecule has 1 aromatic rings. The minimum atomic E-state index is -0.664. The smallest absolute Gasteiger partial charge is 0.308 e. The van der Waals surface area contributed by atoms with Crippen molar-refractivity contribution in [3.8, 4) is 0 Å². The number of carbonyl (C=O) groups excluding carboxylic acids is 4. The molecule has 1 aromatic carbocycles. The second kappa shape index (κ2) is 9.45. The average molecular weight is 402 g/mol. The molecule has 8 heteroatoms. The summed E-state index contributed by atoms with van der Waals surface area (Å²) in [7, 11) is 0. The van der Waals surface area contributed by atoms with Gasteiger partial charge >= 0.3 is 5.97 Å². The van der Waals surface area contributed by atoms with Crippen molar-refractivity contribution in [2.75, 3.05) is 19.7 Å². The highest BCUT2D eigenvalue weighted by Gasteiger charge is 2.46. The fourth-order valence-electron chi connectivity index (χ4n) is 3.60. The Kier molecular flexibility index (Phi) is 6.74. The zero-order valence-corrected chi connectivity index (χ0v) is 15.9. The number of esters is 1. The number of nitrogens with one attached hydrogen (secondary N) is 1. The van der Waals surface area contributed by atoms with Gasteiger partial charge in [-0.1, -0.05) is 30.4 Å². The molecule has 1 fully saturated rings. The highest BCUT2D eigenvalue weighted by atomic mass is 19.1. The maximum atomic E-state index is 13.5. The summed E-state index contributed by atoms with van der Waals surface area (Å²) in [6, 6.07) is 6.28. The molecule has 0 aromatic heterocycles. The van der Waals surface area contributed by atoms with Gasteiger partial charge in [0.2, 0.25) is 11.8 Å². The number of halogens is 1. The van der Waals surface area contributed by atoms with E-state index in [9.17, 15) is 23.6 Å². The number of carbonyl (C=O) groups is 4. The monoisotopic (exact) mass is 402 g/mol. The zero-order valence-electron chi connectivity index (χ0n) is 15.9. The van der Waals surface area contributed by atoms with Crippen molar-refractivity contribution < 1.29 is 28.3 Å². The Morgan fingerprint density at radius 1 is 1.10 bits per heavy atom. The van der Waals surface area contributed by atoms with Gasteiger partial charge in [0.25, 0.3) is 5.91 Å². The molecule has 2 aliphatic rings. The number of hydrogen-bond acceptors (Lipinski definition) is 5. The summed E-state index contributed by atoms with van der Waals surface area (Å²) in [6.45, 7) is -0.295. The summed E-state index contributed by atoms with van der Waals surface area (Å²) in [5.74, 6) is -2.66. The lowest BCUT2D eigenvalue weighted by Gasteiger charge is -2.14. The van der Waals surface area contributed by atoms with Gasteiger partial charge in [-0.2, -0.15) is 0 Å². The SMILES string of the molecule is O=C(COC(=O)CCN1C(=O)[C@H]2CC=CC[C@H]2C1=O)NCCc1ccccc1F. The van der Waals surface area contributed by atoms with Gasteiger partial charge < -0.3 is 10.1 Å². The third kappa shape index (κ3) is 5.07. The van der Waals surface area contributed by atoms with Crippen molar-refractivity contribution in [3.63, 3.8) is 0 Å². The molecular formula is C21H23FN2O5. The summed E-state index contributed by atoms with van der Waals surface area (Å²) in [5, 5.41) is 2.55. The third-order valence-corrected chi connectivity index (χ3v) is 5.18. The van der Waals surface area contributed by atoms with E-state index in [1.165, 1.54) is 6.07 Å². The maximum absolute atomic E-state index is 13.5. The molecule has 1 aliphatic carbocycles. The fourth-order valence-corrected chi connectivity index (χ4v) is 3.60. The number of fused-ring (bicyclic) bond motifs is 1. The molecule has 0 bridgehead atoms. The summed E-state index contributed by atoms with van der Waals surface area (Å²) in [6.07, 6.45) is 5.05. The molecule has 0 unspecified atom stereocenters. The molecule has 1 heterocycles. The first-order chi connectivity index (χ1) is 14.0. The number of allylic oxidation sites excluding steroid dienone is 2. The number of ether oxygens (including phenoxy) is 1. The van der Waals surface area contributed by atoms with Crippen LogP contribution in [0, 0.1) is 17.7 Å². The van der Waals surface area contributed by atoms with Gasteiger partial charge in [0, 0.05) is 13.1 Å². The first-order valence-electron chi connectivity index (χ1n) is 9.63. The van der Waals surface area contributed by atoms with Crippen LogP contribution in [0.4, 0.5) is 4.39 Å². The number of benzene rings is 1. The molecule has 0 spiro atoms. The van der Waals surface area contributed by atoms with Gasteiger partial charge in [-0.15, -0.1) is 0 Å². The van der Waals surface area contributed by atoms with E-state index < -0.39 is 18.5 Å². The molecular weight excluding hydrogens is 379 g/mol. The van der Waals surface area contributed by atoms with Gasteiger partial charge in [-0.25, -0.2) is 4.39 Å². The van der Waals surface area contributed by atoms with Gasteiger partial charge in [0.05, 0.1) is 18.3 Å². The molecule has 7 nitrogen and oxygen atoms in total. The Balaban J connectivity index is 1.35. The lowest BCUT2D eigenvalue weighted by Crippen LogP contribution is -2.34. The second-order valence-electron chi connectivity index (χ2n) is 7.09. The number of nitrogens with zero attached hydrogens (tertiary/aromatic N) is 1. The van der Waals surface area contributed by atoms with Gasteiger partial charge in [0.1, 0.15) is 5.82 Å². The first kappa shape index (κ1) is 20.7. The Hall–Kier alpha value is -3.03. The largest absolute Gasteiger partial charge is 0.456 e. The fraction of sp³-hybridized carbons (Fsp3) is 0.429. The quantitative estimate of drug-likeness (QED) is 0.403. The van der Waals surface area contributed by atoms with Crippen LogP contribution in [0.1, 0.15) is 24.8 Å². The van der Waals surface area contributed by atoms with Crippen LogP contribution in [0.25, 0.3) is 0 Å². The molecule has 1 N–H and O–H groups in total. The summed E-state index contributed by atoms with van der Waals surface area (Å²) in [5.41, 5.74) is 0.487. The summed E-state index contributed by atoms with van der Waals surface area (Å²) < 4.78 is 18.4. The van der Waals surface area contributed by atoms with E-state index >= 15 is 0 Å². The highest BCUT2D eigenvalue weighted by molar-refractivity contribution is 6.05. The molecule has 0 radical (unpaired) electrons. The molecule has 0 saturated carbocycles. The minimum absolute atomic E-state index is 0.0433. The van der Waals surface area contributed by atoms with Crippen LogP contribution in [0.2, 0.25) is 0 Å². The Morgan fingerprint density at radius 2 is 1.76 bits per heavy atom. The minimum Gasteiger partial charge on any atom is -0.456 e. The Bertz CT molecular complexity index is 812. The van der Waals surface area contributed by atoms with Crippen LogP contribution in [0.15, 0.2) is 36.4 Å². The van der Waals surface area contributed by atoms with Crippen LogP contribution >= 0.6 is 0 Å². The van der Waals surface area contributed by atoms with E-state index in [1.54, 1.807) is 18.2 Å². The Labute approximate surface area is 167 Å². The summed E-state index contributed by atoms with van der Waals surface area (Å²) in [4.78, 5) is 49.4. The highest BCUT2D eigenvalue weighted by Crippen LogP contribution is 2.34. The standard InChI is InChI=1S/C21H23FN2O5/c22-17-8-4-1-5-14(17)9-11-23-18(25)13-29-19(26)10-12-24-20(27)15-6-2-3-7-16(15)21(24)28/h1-5,8,15-16H,6-7,9-13H2,(H,23,25)/t15-,16+. The zero-order chi connectivity index (χ0) is 20.8. The molecule has 3 rings (SSSR count). The molecule has 2 atom stereocenters. The van der Waals surface area contributed by atoms with E-state index in [2.05, 4.69) is 5.32 Å². The number of rotatable bonds is 8. The Morgan fingerprint density at radius 3 is 2.41 bits per heavy atom. The number of hydrogen-bond donors (Lipinski definition) is 1. The summed E-state index contributed by atoms with van der Waals surface area (Å²) >= 11 is 0. The van der Waals surface area contributed by atoms with E-state index in [1.807, 2.05) is 12.2 Å². The van der Waals surface area contributed by atoms with Crippen LogP contribution < -0.4 is 5.32 Å². The first-order valence-corrected chi connectivity index (χ1v) is 9.63. The van der Waals surface area contributed by atoms with Crippen molar-refractivity contribution in [2.24, 2.45) is 11.8 Å². The van der Waals surface area contributed by atoms with Gasteiger partial charge in [-0.05, 0) is 30.9 Å². The molecule has 1 saturated heterocycles. The molecule has 154 valence electrons. The normalized spacial score (nSPS) is 20.5. The number of imide groups is 1. The van der Waals surface area contributed by atoms with E-state index in [0.717, 1.165) is 4.90 Å². The maximum Gasteiger partial charge on any atom is 0.308 e. The number of amides is 3. The van der Waals surface area contributed by atoms with Crippen molar-refractivity contribution >= 4 is 23.7 Å². The topological polar surface area (TPSA) is 92.8 Å². The predicted octanol–water partition coefficient (Wildman–Crippen LogP) is 1.37. The van der Waals surface area contributed by atoms with Crippen LogP contribution in [-0.4, -0.2) is 48.3 Å². The van der Waals surface area contributed by atoms with E-state index in [-0.39, 0.29) is 49.0 Å². The van der Waals surface area contributed by atoms with Gasteiger partial charge in [0.15, 0.2) is 6.61 Å².